The van der Waals surface area contributed by atoms with Crippen LogP contribution < -0.4 is 5.73 Å². The average molecular weight is 195 g/mol. The molecule has 0 aromatic carbocycles. The zero-order valence-electron chi connectivity index (χ0n) is 6.95. The van der Waals surface area contributed by atoms with E-state index in [4.69, 9.17) is 17.3 Å². The van der Waals surface area contributed by atoms with Crippen molar-refractivity contribution in [3.63, 3.8) is 0 Å². The van der Waals surface area contributed by atoms with Crippen molar-refractivity contribution in [3.8, 4) is 0 Å². The lowest BCUT2D eigenvalue weighted by atomic mass is 10.2. The molecule has 66 valence electrons. The first kappa shape index (κ1) is 8.19. The molecule has 0 unspecified atom stereocenters. The van der Waals surface area contributed by atoms with Crippen molar-refractivity contribution in [1.29, 1.82) is 0 Å². The first-order chi connectivity index (χ1) is 6.16. The summed E-state index contributed by atoms with van der Waals surface area (Å²) in [6.07, 6.45) is 1.65. The third-order valence-corrected chi connectivity index (χ3v) is 1.95. The fourth-order valence-corrected chi connectivity index (χ4v) is 1.30. The molecular formula is C8H7ClN4. The summed E-state index contributed by atoms with van der Waals surface area (Å²) < 4.78 is 0. The quantitative estimate of drug-likeness (QED) is 0.647. The number of aromatic nitrogens is 3. The Bertz CT molecular complexity index is 464. The Kier molecular flexibility index (Phi) is 1.77. The van der Waals surface area contributed by atoms with Crippen molar-refractivity contribution in [2.24, 2.45) is 0 Å². The van der Waals surface area contributed by atoms with E-state index < -0.39 is 0 Å². The van der Waals surface area contributed by atoms with Crippen molar-refractivity contribution >= 4 is 28.5 Å². The maximum absolute atomic E-state index is 5.62. The number of fused-ring (bicyclic) bond motifs is 1. The van der Waals surface area contributed by atoms with Gasteiger partial charge in [0.1, 0.15) is 5.82 Å². The smallest absolute Gasteiger partial charge is 0.224 e. The van der Waals surface area contributed by atoms with E-state index in [9.17, 15) is 0 Å². The Labute approximate surface area is 79.8 Å². The lowest BCUT2D eigenvalue weighted by Crippen LogP contribution is -1.95. The van der Waals surface area contributed by atoms with Crippen LogP contribution in [-0.2, 0) is 0 Å². The molecule has 0 bridgehead atoms. The maximum Gasteiger partial charge on any atom is 0.224 e. The molecule has 0 atom stereocenters. The zero-order chi connectivity index (χ0) is 9.42. The Morgan fingerprint density at radius 1 is 1.38 bits per heavy atom. The predicted octanol–water partition coefficient (Wildman–Crippen LogP) is 1.57. The van der Waals surface area contributed by atoms with Crippen LogP contribution in [0.4, 0.5) is 5.82 Å². The van der Waals surface area contributed by atoms with Crippen LogP contribution in [0.25, 0.3) is 11.0 Å². The molecule has 4 nitrogen and oxygen atoms in total. The molecule has 0 amide bonds. The van der Waals surface area contributed by atoms with Gasteiger partial charge in [0.2, 0.25) is 5.28 Å². The van der Waals surface area contributed by atoms with Crippen molar-refractivity contribution in [1.82, 2.24) is 15.0 Å². The van der Waals surface area contributed by atoms with Gasteiger partial charge in [-0.2, -0.15) is 4.98 Å². The highest BCUT2D eigenvalue weighted by Gasteiger charge is 2.02. The Morgan fingerprint density at radius 3 is 2.92 bits per heavy atom. The highest BCUT2D eigenvalue weighted by Crippen LogP contribution is 2.17. The maximum atomic E-state index is 5.62. The van der Waals surface area contributed by atoms with E-state index in [1.807, 2.05) is 6.92 Å². The molecule has 0 spiro atoms. The van der Waals surface area contributed by atoms with Crippen LogP contribution in [0.15, 0.2) is 12.3 Å². The Balaban J connectivity index is 2.86. The molecule has 0 saturated heterocycles. The highest BCUT2D eigenvalue weighted by molar-refractivity contribution is 6.28. The van der Waals surface area contributed by atoms with E-state index >= 15 is 0 Å². The van der Waals surface area contributed by atoms with E-state index in [1.54, 1.807) is 12.3 Å². The number of halogens is 1. The predicted molar refractivity (Wildman–Crippen MR) is 51.5 cm³/mol. The Morgan fingerprint density at radius 2 is 2.15 bits per heavy atom. The number of aryl methyl sites for hydroxylation is 1. The lowest BCUT2D eigenvalue weighted by molar-refractivity contribution is 1.18. The van der Waals surface area contributed by atoms with Crippen molar-refractivity contribution in [2.75, 3.05) is 5.73 Å². The second-order valence-electron chi connectivity index (χ2n) is 2.74. The molecule has 2 aromatic rings. The summed E-state index contributed by atoms with van der Waals surface area (Å²) in [6.45, 7) is 1.93. The van der Waals surface area contributed by atoms with E-state index in [0.29, 0.717) is 11.5 Å². The normalized spacial score (nSPS) is 10.6. The van der Waals surface area contributed by atoms with Crippen LogP contribution in [-0.4, -0.2) is 15.0 Å². The van der Waals surface area contributed by atoms with Gasteiger partial charge in [-0.3, -0.25) is 0 Å². The van der Waals surface area contributed by atoms with Gasteiger partial charge >= 0.3 is 0 Å². The van der Waals surface area contributed by atoms with Crippen LogP contribution in [0.3, 0.4) is 0 Å². The number of nitrogen functional groups attached to an aromatic ring is 1. The van der Waals surface area contributed by atoms with Crippen molar-refractivity contribution in [2.45, 2.75) is 6.92 Å². The van der Waals surface area contributed by atoms with Gasteiger partial charge in [-0.05, 0) is 30.2 Å². The lowest BCUT2D eigenvalue weighted by Gasteiger charge is -2.01. The summed E-state index contributed by atoms with van der Waals surface area (Å²) in [5, 5.41) is 1.06. The van der Waals surface area contributed by atoms with E-state index in [1.165, 1.54) is 0 Å². The summed E-state index contributed by atoms with van der Waals surface area (Å²) >= 11 is 5.62. The molecule has 2 heterocycles. The van der Waals surface area contributed by atoms with Gasteiger partial charge in [-0.15, -0.1) is 0 Å². The number of pyridine rings is 1. The van der Waals surface area contributed by atoms with Crippen LogP contribution in [0.1, 0.15) is 5.56 Å². The van der Waals surface area contributed by atoms with Crippen LogP contribution in [0, 0.1) is 6.92 Å². The number of nitrogens with zero attached hydrogens (tertiary/aromatic N) is 3. The minimum absolute atomic E-state index is 0.185. The number of hydrogen-bond acceptors (Lipinski definition) is 4. The summed E-state index contributed by atoms with van der Waals surface area (Å²) in [5.74, 6) is 0.444. The monoisotopic (exact) mass is 194 g/mol. The van der Waals surface area contributed by atoms with Gasteiger partial charge in [0.15, 0.2) is 5.65 Å². The first-order valence-corrected chi connectivity index (χ1v) is 4.10. The third kappa shape index (κ3) is 1.40. The van der Waals surface area contributed by atoms with E-state index in [0.717, 1.165) is 10.9 Å². The van der Waals surface area contributed by atoms with Crippen molar-refractivity contribution < 1.29 is 0 Å². The van der Waals surface area contributed by atoms with Gasteiger partial charge < -0.3 is 5.73 Å². The number of anilines is 1. The summed E-state index contributed by atoms with van der Waals surface area (Å²) in [5.41, 5.74) is 7.10. The molecule has 0 aliphatic heterocycles. The molecule has 0 saturated carbocycles. The molecule has 0 aliphatic carbocycles. The number of hydrogen-bond donors (Lipinski definition) is 1. The molecule has 5 heteroatoms. The van der Waals surface area contributed by atoms with Crippen LogP contribution in [0.5, 0.6) is 0 Å². The second-order valence-corrected chi connectivity index (χ2v) is 3.08. The van der Waals surface area contributed by atoms with Gasteiger partial charge in [0.25, 0.3) is 0 Å². The summed E-state index contributed by atoms with van der Waals surface area (Å²) in [6, 6.07) is 1.78. The Hall–Kier alpha value is -1.42. The standard InChI is InChI=1S/C8H7ClN4/c1-4-2-6(10)12-7-5(4)3-11-8(9)13-7/h2-3H,1H3,(H2,10,11,12,13). The molecule has 2 aromatic heterocycles. The molecule has 0 aliphatic rings. The minimum Gasteiger partial charge on any atom is -0.384 e. The zero-order valence-corrected chi connectivity index (χ0v) is 7.71. The molecule has 0 radical (unpaired) electrons. The molecule has 2 N–H and O–H groups in total. The first-order valence-electron chi connectivity index (χ1n) is 3.72. The number of nitrogens with two attached hydrogens (primary N) is 1. The molecular weight excluding hydrogens is 188 g/mol. The largest absolute Gasteiger partial charge is 0.384 e. The fourth-order valence-electron chi connectivity index (χ4n) is 1.17. The third-order valence-electron chi connectivity index (χ3n) is 1.76. The van der Waals surface area contributed by atoms with Crippen LogP contribution in [0.2, 0.25) is 5.28 Å². The highest BCUT2D eigenvalue weighted by atomic mass is 35.5. The fraction of sp³-hybridized carbons (Fsp3) is 0.125. The van der Waals surface area contributed by atoms with E-state index in [2.05, 4.69) is 15.0 Å². The molecule has 13 heavy (non-hydrogen) atoms. The van der Waals surface area contributed by atoms with Gasteiger partial charge in [-0.25, -0.2) is 9.97 Å². The van der Waals surface area contributed by atoms with Gasteiger partial charge in [0, 0.05) is 11.6 Å². The number of rotatable bonds is 0. The SMILES string of the molecule is Cc1cc(N)nc2nc(Cl)ncc12. The van der Waals surface area contributed by atoms with Gasteiger partial charge in [-0.1, -0.05) is 0 Å². The molecule has 0 fully saturated rings. The second kappa shape index (κ2) is 2.81. The average Bonchev–Trinajstić information content (AvgIpc) is 2.02. The van der Waals surface area contributed by atoms with E-state index in [-0.39, 0.29) is 5.28 Å². The molecule has 2 rings (SSSR count). The van der Waals surface area contributed by atoms with Crippen LogP contribution >= 0.6 is 11.6 Å². The van der Waals surface area contributed by atoms with Crippen molar-refractivity contribution in [3.05, 3.63) is 23.1 Å². The topological polar surface area (TPSA) is 64.7 Å². The summed E-state index contributed by atoms with van der Waals surface area (Å²) in [4.78, 5) is 11.9. The van der Waals surface area contributed by atoms with Gasteiger partial charge in [0.05, 0.1) is 0 Å². The minimum atomic E-state index is 0.185. The summed E-state index contributed by atoms with van der Waals surface area (Å²) in [7, 11) is 0.